The molecule has 2 aromatic carbocycles. The molecule has 4 rings (SSSR count). The van der Waals surface area contributed by atoms with Crippen LogP contribution in [0.4, 0.5) is 4.39 Å². The molecule has 2 heterocycles. The summed E-state index contributed by atoms with van der Waals surface area (Å²) < 4.78 is 40.0. The molecule has 3 aromatic rings. The standard InChI is InChI=1S/C21H19ClFNO4S/c1-29(27,28)15-5-2-12(18(23)10-15)8-16-17-9-14(22)4-7-20(17)24-11-13(21(25)26)3-6-19(16)24/h2,4-5,7,9-10,13H,3,6,8,11H2,1H3,(H,25,26). The highest BCUT2D eigenvalue weighted by atomic mass is 35.5. The molecule has 1 unspecified atom stereocenters. The SMILES string of the molecule is CS(=O)(=O)c1ccc(Cc2c3n(c4ccc(Cl)cc24)CC(C(=O)O)CC3)c(F)c1. The summed E-state index contributed by atoms with van der Waals surface area (Å²) in [6, 6.07) is 9.38. The molecule has 0 spiro atoms. The van der Waals surface area contributed by atoms with Crippen molar-refractivity contribution in [1.29, 1.82) is 0 Å². The zero-order valence-corrected chi connectivity index (χ0v) is 17.2. The van der Waals surface area contributed by atoms with E-state index in [4.69, 9.17) is 11.6 Å². The number of aromatic nitrogens is 1. The van der Waals surface area contributed by atoms with Gasteiger partial charge in [-0.05, 0) is 54.3 Å². The zero-order chi connectivity index (χ0) is 20.9. The van der Waals surface area contributed by atoms with Crippen molar-refractivity contribution in [3.63, 3.8) is 0 Å². The fourth-order valence-electron chi connectivity index (χ4n) is 4.06. The minimum absolute atomic E-state index is 0.0603. The molecule has 1 aliphatic heterocycles. The smallest absolute Gasteiger partial charge is 0.308 e. The Hall–Kier alpha value is -2.38. The average molecular weight is 436 g/mol. The normalized spacial score (nSPS) is 16.7. The van der Waals surface area contributed by atoms with Crippen molar-refractivity contribution >= 4 is 38.3 Å². The molecule has 0 saturated heterocycles. The Bertz CT molecular complexity index is 1250. The summed E-state index contributed by atoms with van der Waals surface area (Å²) in [7, 11) is -3.49. The first-order chi connectivity index (χ1) is 13.6. The molecule has 8 heteroatoms. The lowest BCUT2D eigenvalue weighted by molar-refractivity contribution is -0.142. The second-order valence-electron chi connectivity index (χ2n) is 7.47. The lowest BCUT2D eigenvalue weighted by Crippen LogP contribution is -2.26. The van der Waals surface area contributed by atoms with E-state index in [2.05, 4.69) is 0 Å². The molecular formula is C21H19ClFNO4S. The quantitative estimate of drug-likeness (QED) is 0.670. The van der Waals surface area contributed by atoms with E-state index in [0.717, 1.165) is 34.5 Å². The number of hydrogen-bond acceptors (Lipinski definition) is 3. The molecule has 1 atom stereocenters. The van der Waals surface area contributed by atoms with E-state index in [1.807, 2.05) is 16.7 Å². The lowest BCUT2D eigenvalue weighted by atomic mass is 9.94. The molecule has 0 amide bonds. The number of hydrogen-bond donors (Lipinski definition) is 1. The van der Waals surface area contributed by atoms with Gasteiger partial charge in [-0.25, -0.2) is 12.8 Å². The fourth-order valence-corrected chi connectivity index (χ4v) is 4.86. The maximum Gasteiger partial charge on any atom is 0.308 e. The first kappa shape index (κ1) is 19.9. The Morgan fingerprint density at radius 2 is 2.03 bits per heavy atom. The van der Waals surface area contributed by atoms with Crippen molar-refractivity contribution in [1.82, 2.24) is 4.57 Å². The van der Waals surface area contributed by atoms with Crippen LogP contribution in [-0.2, 0) is 34.0 Å². The van der Waals surface area contributed by atoms with Crippen LogP contribution in [0.1, 0.15) is 23.2 Å². The number of carboxylic acid groups (broad SMARTS) is 1. The summed E-state index contributed by atoms with van der Waals surface area (Å²) >= 11 is 6.19. The maximum absolute atomic E-state index is 14.7. The van der Waals surface area contributed by atoms with Crippen LogP contribution >= 0.6 is 11.6 Å². The minimum atomic E-state index is -3.49. The van der Waals surface area contributed by atoms with Gasteiger partial charge in [0.25, 0.3) is 0 Å². The molecule has 5 nitrogen and oxygen atoms in total. The lowest BCUT2D eigenvalue weighted by Gasteiger charge is -2.23. The molecule has 1 aromatic heterocycles. The van der Waals surface area contributed by atoms with E-state index < -0.39 is 27.5 Å². The number of benzene rings is 2. The summed E-state index contributed by atoms with van der Waals surface area (Å²) in [5.74, 6) is -1.87. The maximum atomic E-state index is 14.7. The molecule has 152 valence electrons. The van der Waals surface area contributed by atoms with Crippen molar-refractivity contribution in [2.75, 3.05) is 6.26 Å². The molecule has 1 aliphatic rings. The average Bonchev–Trinajstić information content (AvgIpc) is 2.94. The number of aliphatic carboxylic acids is 1. The van der Waals surface area contributed by atoms with Crippen LogP contribution in [-0.4, -0.2) is 30.3 Å². The van der Waals surface area contributed by atoms with Crippen molar-refractivity contribution in [2.45, 2.75) is 30.7 Å². The molecular weight excluding hydrogens is 417 g/mol. The Morgan fingerprint density at radius 1 is 1.28 bits per heavy atom. The van der Waals surface area contributed by atoms with Crippen LogP contribution in [0.2, 0.25) is 5.02 Å². The van der Waals surface area contributed by atoms with Crippen LogP contribution in [0.25, 0.3) is 10.9 Å². The van der Waals surface area contributed by atoms with E-state index in [1.54, 1.807) is 6.07 Å². The minimum Gasteiger partial charge on any atom is -0.481 e. The van der Waals surface area contributed by atoms with E-state index in [1.165, 1.54) is 12.1 Å². The number of sulfone groups is 1. The largest absolute Gasteiger partial charge is 0.481 e. The molecule has 0 aliphatic carbocycles. The molecule has 1 N–H and O–H groups in total. The fraction of sp³-hybridized carbons (Fsp3) is 0.286. The van der Waals surface area contributed by atoms with E-state index in [-0.39, 0.29) is 11.3 Å². The number of rotatable bonds is 4. The van der Waals surface area contributed by atoms with Gasteiger partial charge in [-0.3, -0.25) is 4.79 Å². The molecule has 0 bridgehead atoms. The Morgan fingerprint density at radius 3 is 2.69 bits per heavy atom. The topological polar surface area (TPSA) is 76.4 Å². The van der Waals surface area contributed by atoms with Gasteiger partial charge in [0.05, 0.1) is 10.8 Å². The highest BCUT2D eigenvalue weighted by molar-refractivity contribution is 7.90. The summed E-state index contributed by atoms with van der Waals surface area (Å²) in [5, 5.41) is 10.8. The Kier molecular flexibility index (Phi) is 4.91. The van der Waals surface area contributed by atoms with E-state index in [0.29, 0.717) is 30.0 Å². The van der Waals surface area contributed by atoms with E-state index >= 15 is 0 Å². The van der Waals surface area contributed by atoms with Crippen LogP contribution in [0.5, 0.6) is 0 Å². The summed E-state index contributed by atoms with van der Waals surface area (Å²) in [4.78, 5) is 11.4. The van der Waals surface area contributed by atoms with Crippen molar-refractivity contribution < 1.29 is 22.7 Å². The monoisotopic (exact) mass is 435 g/mol. The van der Waals surface area contributed by atoms with E-state index in [9.17, 15) is 22.7 Å². The van der Waals surface area contributed by atoms with Gasteiger partial charge in [-0.2, -0.15) is 0 Å². The van der Waals surface area contributed by atoms with Crippen molar-refractivity contribution in [3.8, 4) is 0 Å². The van der Waals surface area contributed by atoms with Gasteiger partial charge in [0.1, 0.15) is 5.82 Å². The van der Waals surface area contributed by atoms with Gasteiger partial charge in [0.2, 0.25) is 0 Å². The third kappa shape index (κ3) is 3.65. The summed E-state index contributed by atoms with van der Waals surface area (Å²) in [5.41, 5.74) is 3.13. The summed E-state index contributed by atoms with van der Waals surface area (Å²) in [6.45, 7) is 0.359. The van der Waals surface area contributed by atoms with Gasteiger partial charge < -0.3 is 9.67 Å². The van der Waals surface area contributed by atoms with Crippen LogP contribution < -0.4 is 0 Å². The van der Waals surface area contributed by atoms with Crippen LogP contribution in [0, 0.1) is 11.7 Å². The number of halogens is 2. The van der Waals surface area contributed by atoms with Crippen LogP contribution in [0.3, 0.4) is 0 Å². The van der Waals surface area contributed by atoms with Gasteiger partial charge in [-0.1, -0.05) is 17.7 Å². The first-order valence-corrected chi connectivity index (χ1v) is 11.4. The van der Waals surface area contributed by atoms with Crippen molar-refractivity contribution in [2.24, 2.45) is 5.92 Å². The molecule has 29 heavy (non-hydrogen) atoms. The first-order valence-electron chi connectivity index (χ1n) is 9.16. The molecule has 0 radical (unpaired) electrons. The number of carboxylic acids is 1. The Balaban J connectivity index is 1.83. The number of fused-ring (bicyclic) bond motifs is 3. The number of nitrogens with zero attached hydrogens (tertiary/aromatic N) is 1. The third-order valence-corrected chi connectivity index (χ3v) is 6.90. The van der Waals surface area contributed by atoms with Gasteiger partial charge >= 0.3 is 5.97 Å². The Labute approximate surface area is 172 Å². The highest BCUT2D eigenvalue weighted by Gasteiger charge is 2.29. The zero-order valence-electron chi connectivity index (χ0n) is 15.7. The van der Waals surface area contributed by atoms with Gasteiger partial charge in [-0.15, -0.1) is 0 Å². The number of carbonyl (C=O) groups is 1. The summed E-state index contributed by atoms with van der Waals surface area (Å²) in [6.07, 6.45) is 2.40. The second-order valence-corrected chi connectivity index (χ2v) is 9.93. The predicted molar refractivity (Wildman–Crippen MR) is 109 cm³/mol. The van der Waals surface area contributed by atoms with Gasteiger partial charge in [0.15, 0.2) is 9.84 Å². The van der Waals surface area contributed by atoms with Crippen molar-refractivity contribution in [3.05, 3.63) is 64.1 Å². The third-order valence-electron chi connectivity index (χ3n) is 5.55. The highest BCUT2D eigenvalue weighted by Crippen LogP contribution is 2.36. The predicted octanol–water partition coefficient (Wildman–Crippen LogP) is 4.08. The molecule has 0 fully saturated rings. The van der Waals surface area contributed by atoms with Crippen LogP contribution in [0.15, 0.2) is 41.3 Å². The molecule has 0 saturated carbocycles. The second kappa shape index (κ2) is 7.15. The van der Waals surface area contributed by atoms with Gasteiger partial charge in [0, 0.05) is 40.8 Å².